The lowest BCUT2D eigenvalue weighted by Gasteiger charge is -2.68. The molecule has 0 aromatic carbocycles. The first-order valence-electron chi connectivity index (χ1n) is 16.8. The Labute approximate surface area is 262 Å². The van der Waals surface area contributed by atoms with E-state index in [1.54, 1.807) is 6.26 Å². The summed E-state index contributed by atoms with van der Waals surface area (Å²) in [6, 6.07) is 1.88. The summed E-state index contributed by atoms with van der Waals surface area (Å²) < 4.78 is 31.3. The quantitative estimate of drug-likeness (QED) is 0.189. The largest absolute Gasteiger partial charge is 0.469 e. The lowest BCUT2D eigenvalue weighted by atomic mass is 9.33. The van der Waals surface area contributed by atoms with E-state index < -0.39 is 63.2 Å². The molecule has 5 heterocycles. The monoisotopic (exact) mass is 624 g/mol. The third-order valence-corrected chi connectivity index (χ3v) is 13.5. The van der Waals surface area contributed by atoms with E-state index in [2.05, 4.69) is 6.92 Å². The van der Waals surface area contributed by atoms with Gasteiger partial charge in [-0.05, 0) is 57.9 Å². The summed E-state index contributed by atoms with van der Waals surface area (Å²) in [6.45, 7) is 6.07. The second kappa shape index (κ2) is 9.52. The van der Waals surface area contributed by atoms with E-state index in [4.69, 9.17) is 28.5 Å². The average Bonchev–Trinajstić information content (AvgIpc) is 3.62. The van der Waals surface area contributed by atoms with Crippen molar-refractivity contribution < 1.29 is 48.0 Å². The number of allylic oxidation sites excluding steroid dienone is 1. The number of aliphatic hydroxyl groups is 2. The molecule has 4 spiro atoms. The zero-order valence-corrected chi connectivity index (χ0v) is 26.3. The van der Waals surface area contributed by atoms with Gasteiger partial charge in [0.1, 0.15) is 30.2 Å². The van der Waals surface area contributed by atoms with Crippen molar-refractivity contribution in [3.05, 3.63) is 35.8 Å². The predicted octanol–water partition coefficient (Wildman–Crippen LogP) is 3.90. The highest BCUT2D eigenvalue weighted by molar-refractivity contribution is 5.97. The second-order valence-electron chi connectivity index (χ2n) is 15.3. The molecule has 4 saturated heterocycles. The molecule has 10 heteroatoms. The lowest BCUT2D eigenvalue weighted by Crippen LogP contribution is -2.79. The number of ether oxygens (including phenoxy) is 4. The number of Topliss-reactive ketones (excluding diaryl/α,β-unsaturated/α-hetero) is 1. The van der Waals surface area contributed by atoms with E-state index in [0.29, 0.717) is 25.7 Å². The van der Waals surface area contributed by atoms with Gasteiger partial charge in [-0.25, -0.2) is 4.79 Å². The molecule has 2 saturated carbocycles. The number of cyclic esters (lactones) is 2. The van der Waals surface area contributed by atoms with Crippen LogP contribution in [0.4, 0.5) is 0 Å². The number of carbonyl (C=O) groups excluding carboxylic acids is 3. The van der Waals surface area contributed by atoms with Crippen LogP contribution < -0.4 is 0 Å². The van der Waals surface area contributed by atoms with Crippen LogP contribution in [0.15, 0.2) is 28.9 Å². The minimum absolute atomic E-state index is 0.0185. The fraction of sp³-hybridized carbons (Fsp3) is 0.743. The average molecular weight is 625 g/mol. The number of hydrogen-bond acceptors (Lipinski definition) is 10. The smallest absolute Gasteiger partial charge is 0.339 e. The number of carbonyl (C=O) groups is 3. The Morgan fingerprint density at radius 1 is 0.978 bits per heavy atom. The molecule has 0 amide bonds. The number of aliphatic hydroxyl groups excluding tert-OH is 2. The zero-order valence-electron chi connectivity index (χ0n) is 26.3. The topological polar surface area (TPSA) is 145 Å². The van der Waals surface area contributed by atoms with Crippen molar-refractivity contribution in [2.75, 3.05) is 13.2 Å². The number of rotatable bonds is 8. The summed E-state index contributed by atoms with van der Waals surface area (Å²) >= 11 is 0. The molecule has 2 N–H and O–H groups in total. The van der Waals surface area contributed by atoms with Crippen LogP contribution in [0, 0.1) is 27.6 Å². The van der Waals surface area contributed by atoms with Gasteiger partial charge in [-0.3, -0.25) is 9.59 Å². The van der Waals surface area contributed by atoms with Crippen LogP contribution in [-0.2, 0) is 39.8 Å². The van der Waals surface area contributed by atoms with Crippen LogP contribution in [0.2, 0.25) is 0 Å². The van der Waals surface area contributed by atoms with Gasteiger partial charge in [0.2, 0.25) is 0 Å². The maximum absolute atomic E-state index is 14.9. The molecule has 0 radical (unpaired) electrons. The van der Waals surface area contributed by atoms with E-state index in [1.165, 1.54) is 0 Å². The number of fused-ring (bicyclic) bond motifs is 2. The zero-order chi connectivity index (χ0) is 31.6. The molecule has 6 fully saturated rings. The van der Waals surface area contributed by atoms with Crippen molar-refractivity contribution >= 4 is 17.7 Å². The molecule has 4 aliphatic carbocycles. The van der Waals surface area contributed by atoms with Gasteiger partial charge in [-0.15, -0.1) is 0 Å². The first kappa shape index (κ1) is 29.8. The summed E-state index contributed by atoms with van der Waals surface area (Å²) in [5.41, 5.74) is -5.39. The Morgan fingerprint density at radius 3 is 2.56 bits per heavy atom. The predicted molar refractivity (Wildman–Crippen MR) is 156 cm³/mol. The van der Waals surface area contributed by atoms with E-state index in [-0.39, 0.29) is 37.3 Å². The van der Waals surface area contributed by atoms with Crippen molar-refractivity contribution in [1.82, 2.24) is 0 Å². The molecule has 45 heavy (non-hydrogen) atoms. The molecule has 2 bridgehead atoms. The second-order valence-corrected chi connectivity index (χ2v) is 15.3. The Bertz CT molecular complexity index is 1480. The van der Waals surface area contributed by atoms with E-state index in [1.807, 2.05) is 32.1 Å². The number of furan rings is 1. The van der Waals surface area contributed by atoms with Crippen molar-refractivity contribution in [1.29, 1.82) is 0 Å². The Morgan fingerprint density at radius 2 is 1.76 bits per heavy atom. The molecule has 10 atom stereocenters. The van der Waals surface area contributed by atoms with E-state index >= 15 is 0 Å². The molecule has 1 aromatic heterocycles. The van der Waals surface area contributed by atoms with Crippen LogP contribution >= 0.6 is 0 Å². The molecule has 1 aromatic rings. The van der Waals surface area contributed by atoms with Crippen LogP contribution in [0.25, 0.3) is 0 Å². The van der Waals surface area contributed by atoms with Crippen LogP contribution in [-0.4, -0.2) is 70.7 Å². The number of epoxide rings is 1. The van der Waals surface area contributed by atoms with Crippen molar-refractivity contribution in [3.8, 4) is 0 Å². The number of hydrogen-bond donors (Lipinski definition) is 2. The fourth-order valence-electron chi connectivity index (χ4n) is 11.8. The Kier molecular flexibility index (Phi) is 6.31. The molecule has 244 valence electrons. The van der Waals surface area contributed by atoms with Crippen LogP contribution in [0.1, 0.15) is 96.0 Å². The third kappa shape index (κ3) is 3.23. The maximum Gasteiger partial charge on any atom is 0.339 e. The number of aryl methyl sites for hydroxylation is 1. The summed E-state index contributed by atoms with van der Waals surface area (Å²) in [5.74, 6) is -0.730. The van der Waals surface area contributed by atoms with Gasteiger partial charge < -0.3 is 33.6 Å². The maximum atomic E-state index is 14.9. The normalized spacial score (nSPS) is 46.7. The molecular formula is C35H44O10. The lowest BCUT2D eigenvalue weighted by molar-refractivity contribution is -0.262. The SMILES string of the molecule is CC1(C)O[C@H]2CC(=O)OC[C@@]23[C@@H]2CC[C@@]4(C)[C@H](c5ccoc5CCCCCCCO)OC(=O)[C@H]5O[C@@]54[C@@]24CC=C[C@]13C(=O)[C@H]4O. The molecule has 10 nitrogen and oxygen atoms in total. The number of ketones is 1. The standard InChI is InChI=1S/C35H44O10/c1-30(2)34-14-9-13-32(25(38)26(34)39)22(33(34)19-42-24(37)18-23(33)44-30)11-15-31(3)27(43-29(40)28-35(31,32)45-28)20-12-17-41-21(20)10-7-5-4-6-8-16-36/h9,12,14,17,22-23,25,27-28,36,38H,4-8,10-11,13,15-16,18-19H2,1-3H3/t22-,23+,25-,27+,28-,31+,32+,33-,34+,35+/m1/s1. The van der Waals surface area contributed by atoms with Gasteiger partial charge in [0.15, 0.2) is 11.9 Å². The van der Waals surface area contributed by atoms with Gasteiger partial charge >= 0.3 is 11.9 Å². The Hall–Kier alpha value is -2.53. The van der Waals surface area contributed by atoms with Crippen LogP contribution in [0.5, 0.6) is 0 Å². The highest BCUT2D eigenvalue weighted by Gasteiger charge is 2.94. The Balaban J connectivity index is 1.23. The molecular weight excluding hydrogens is 580 g/mol. The van der Waals surface area contributed by atoms with Gasteiger partial charge in [-0.1, -0.05) is 38.3 Å². The number of esters is 2. The summed E-state index contributed by atoms with van der Waals surface area (Å²) in [5, 5.41) is 21.5. The van der Waals surface area contributed by atoms with Crippen molar-refractivity contribution in [2.24, 2.45) is 27.6 Å². The minimum atomic E-state index is -1.42. The fourth-order valence-corrected chi connectivity index (χ4v) is 11.8. The van der Waals surface area contributed by atoms with Crippen molar-refractivity contribution in [3.63, 3.8) is 0 Å². The number of unbranched alkanes of at least 4 members (excludes halogenated alkanes) is 4. The minimum Gasteiger partial charge on any atom is -0.469 e. The first-order chi connectivity index (χ1) is 21.5. The van der Waals surface area contributed by atoms with Gasteiger partial charge in [0.05, 0.1) is 35.2 Å². The van der Waals surface area contributed by atoms with E-state index in [9.17, 15) is 19.5 Å². The third-order valence-electron chi connectivity index (χ3n) is 13.5. The van der Waals surface area contributed by atoms with Gasteiger partial charge in [-0.2, -0.15) is 0 Å². The van der Waals surface area contributed by atoms with Gasteiger partial charge in [0.25, 0.3) is 0 Å². The van der Waals surface area contributed by atoms with Crippen molar-refractivity contribution in [2.45, 2.75) is 121 Å². The molecule has 9 rings (SSSR count). The summed E-state index contributed by atoms with van der Waals surface area (Å²) in [7, 11) is 0. The molecule has 0 unspecified atom stereocenters. The summed E-state index contributed by atoms with van der Waals surface area (Å²) in [4.78, 5) is 41.3. The molecule has 4 aliphatic heterocycles. The molecule has 8 aliphatic rings. The highest BCUT2D eigenvalue weighted by Crippen LogP contribution is 2.84. The van der Waals surface area contributed by atoms with E-state index in [0.717, 1.165) is 43.4 Å². The van der Waals surface area contributed by atoms with Gasteiger partial charge in [0, 0.05) is 29.4 Å². The van der Waals surface area contributed by atoms with Crippen LogP contribution in [0.3, 0.4) is 0 Å². The first-order valence-corrected chi connectivity index (χ1v) is 16.8. The highest BCUT2D eigenvalue weighted by atomic mass is 16.7. The summed E-state index contributed by atoms with van der Waals surface area (Å²) in [6.07, 6.45) is 8.98.